The van der Waals surface area contributed by atoms with Crippen LogP contribution in [0, 0.1) is 6.92 Å². The Hall–Kier alpha value is -5.15. The van der Waals surface area contributed by atoms with E-state index in [-0.39, 0.29) is 11.8 Å². The van der Waals surface area contributed by atoms with Crippen molar-refractivity contribution in [2.24, 2.45) is 7.05 Å². The fourth-order valence-electron chi connectivity index (χ4n) is 5.78. The zero-order valence-corrected chi connectivity index (χ0v) is 27.5. The first-order chi connectivity index (χ1) is 22.8. The predicted molar refractivity (Wildman–Crippen MR) is 185 cm³/mol. The molecule has 9 heteroatoms. The van der Waals surface area contributed by atoms with Gasteiger partial charge in [0, 0.05) is 69.9 Å². The van der Waals surface area contributed by atoms with E-state index >= 15 is 0 Å². The average Bonchev–Trinajstić information content (AvgIpc) is 3.43. The van der Waals surface area contributed by atoms with E-state index < -0.39 is 0 Å². The van der Waals surface area contributed by atoms with Gasteiger partial charge >= 0.3 is 0 Å². The van der Waals surface area contributed by atoms with E-state index in [2.05, 4.69) is 28.9 Å². The van der Waals surface area contributed by atoms with Gasteiger partial charge in [0.15, 0.2) is 0 Å². The van der Waals surface area contributed by atoms with Crippen LogP contribution in [0.25, 0.3) is 10.9 Å². The molecule has 3 aromatic carbocycles. The number of anilines is 1. The standard InChI is InChI=1S/C38H41N5O4/c1-5-22-46-32-14-8-28(9-15-32)26-42-18-20-43(21-19-42)38(45)35-23-30-12-16-33(24-34(30)41(35)4)47-36-17-13-31(25-39-36)40(3)37(44)29-10-6-27(2)7-11-29/h6-17,23-25H,5,18-22,26H2,1-4H3. The van der Waals surface area contributed by atoms with E-state index in [0.717, 1.165) is 54.9 Å². The van der Waals surface area contributed by atoms with Crippen LogP contribution in [0.15, 0.2) is 91.1 Å². The second-order valence-corrected chi connectivity index (χ2v) is 12.1. The normalized spacial score (nSPS) is 13.5. The second-order valence-electron chi connectivity index (χ2n) is 12.1. The number of amides is 2. The van der Waals surface area contributed by atoms with E-state index in [1.165, 1.54) is 5.56 Å². The van der Waals surface area contributed by atoms with Gasteiger partial charge in [-0.25, -0.2) is 4.98 Å². The Morgan fingerprint density at radius 2 is 1.60 bits per heavy atom. The minimum absolute atomic E-state index is 0.0322. The highest BCUT2D eigenvalue weighted by Gasteiger charge is 2.25. The fraction of sp³-hybridized carbons (Fsp3) is 0.289. The fourth-order valence-corrected chi connectivity index (χ4v) is 5.78. The van der Waals surface area contributed by atoms with Crippen LogP contribution in [0.1, 0.15) is 45.3 Å². The molecule has 0 aliphatic carbocycles. The van der Waals surface area contributed by atoms with Gasteiger partial charge in [-0.05, 0) is 67.4 Å². The predicted octanol–water partition coefficient (Wildman–Crippen LogP) is 6.70. The van der Waals surface area contributed by atoms with Crippen LogP contribution in [0.4, 0.5) is 5.69 Å². The lowest BCUT2D eigenvalue weighted by molar-refractivity contribution is 0.0619. The van der Waals surface area contributed by atoms with Crippen LogP contribution < -0.4 is 14.4 Å². The summed E-state index contributed by atoms with van der Waals surface area (Å²) in [4.78, 5) is 36.8. The van der Waals surface area contributed by atoms with Crippen LogP contribution in [0.2, 0.25) is 0 Å². The lowest BCUT2D eigenvalue weighted by Crippen LogP contribution is -2.48. The Kier molecular flexibility index (Phi) is 9.54. The van der Waals surface area contributed by atoms with Crippen molar-refractivity contribution in [1.29, 1.82) is 0 Å². The molecule has 1 aliphatic rings. The molecule has 0 bridgehead atoms. The number of piperazine rings is 1. The van der Waals surface area contributed by atoms with Crippen molar-refractivity contribution in [3.8, 4) is 17.4 Å². The highest BCUT2D eigenvalue weighted by atomic mass is 16.5. The van der Waals surface area contributed by atoms with Crippen molar-refractivity contribution < 1.29 is 19.1 Å². The van der Waals surface area contributed by atoms with Crippen molar-refractivity contribution in [3.63, 3.8) is 0 Å². The molecule has 0 radical (unpaired) electrons. The summed E-state index contributed by atoms with van der Waals surface area (Å²) in [5.41, 5.74) is 5.17. The Labute approximate surface area is 275 Å². The molecule has 242 valence electrons. The third-order valence-corrected chi connectivity index (χ3v) is 8.63. The minimum Gasteiger partial charge on any atom is -0.494 e. The lowest BCUT2D eigenvalue weighted by atomic mass is 10.1. The Morgan fingerprint density at radius 3 is 2.28 bits per heavy atom. The summed E-state index contributed by atoms with van der Waals surface area (Å²) in [5, 5.41) is 0.966. The topological polar surface area (TPSA) is 80.1 Å². The van der Waals surface area contributed by atoms with Crippen molar-refractivity contribution in [2.45, 2.75) is 26.8 Å². The first kappa shape index (κ1) is 31.8. The number of benzene rings is 3. The van der Waals surface area contributed by atoms with Gasteiger partial charge in [-0.2, -0.15) is 0 Å². The van der Waals surface area contributed by atoms with Crippen LogP contribution in [-0.4, -0.2) is 71.0 Å². The van der Waals surface area contributed by atoms with Gasteiger partial charge in [0.1, 0.15) is 17.2 Å². The molecule has 2 aromatic heterocycles. The van der Waals surface area contributed by atoms with Gasteiger partial charge in [-0.3, -0.25) is 14.5 Å². The summed E-state index contributed by atoms with van der Waals surface area (Å²) < 4.78 is 13.7. The Bertz CT molecular complexity index is 1840. The number of carbonyl (C=O) groups excluding carboxylic acids is 2. The van der Waals surface area contributed by atoms with E-state index in [1.807, 2.05) is 90.2 Å². The molecule has 3 heterocycles. The number of hydrogen-bond donors (Lipinski definition) is 0. The highest BCUT2D eigenvalue weighted by Crippen LogP contribution is 2.28. The molecule has 1 fully saturated rings. The van der Waals surface area contributed by atoms with E-state index in [4.69, 9.17) is 9.47 Å². The van der Waals surface area contributed by atoms with Crippen molar-refractivity contribution >= 4 is 28.4 Å². The van der Waals surface area contributed by atoms with Crippen LogP contribution in [-0.2, 0) is 13.6 Å². The largest absolute Gasteiger partial charge is 0.494 e. The molecule has 9 nitrogen and oxygen atoms in total. The number of rotatable bonds is 10. The van der Waals surface area contributed by atoms with Gasteiger partial charge in [0.25, 0.3) is 11.8 Å². The zero-order chi connectivity index (χ0) is 32.9. The Morgan fingerprint density at radius 1 is 0.872 bits per heavy atom. The highest BCUT2D eigenvalue weighted by molar-refractivity contribution is 6.05. The molecule has 5 aromatic rings. The molecule has 0 N–H and O–H groups in total. The molecule has 1 aliphatic heterocycles. The third-order valence-electron chi connectivity index (χ3n) is 8.63. The van der Waals surface area contributed by atoms with Gasteiger partial charge in [0.2, 0.25) is 5.88 Å². The van der Waals surface area contributed by atoms with Crippen LogP contribution in [0.5, 0.6) is 17.4 Å². The molecular weight excluding hydrogens is 590 g/mol. The molecule has 2 amide bonds. The molecule has 0 atom stereocenters. The number of aromatic nitrogens is 2. The molecule has 0 spiro atoms. The van der Waals surface area contributed by atoms with Crippen LogP contribution in [0.3, 0.4) is 0 Å². The minimum atomic E-state index is -0.110. The summed E-state index contributed by atoms with van der Waals surface area (Å²) in [5.74, 6) is 1.85. The lowest BCUT2D eigenvalue weighted by Gasteiger charge is -2.34. The monoisotopic (exact) mass is 631 g/mol. The molecule has 6 rings (SSSR count). The van der Waals surface area contributed by atoms with Crippen molar-refractivity contribution in [3.05, 3.63) is 114 Å². The SMILES string of the molecule is CCCOc1ccc(CN2CCN(C(=O)c3cc4ccc(Oc5ccc(N(C)C(=O)c6ccc(C)cc6)cn5)cc4n3C)CC2)cc1. The number of fused-ring (bicyclic) bond motifs is 1. The molecule has 0 unspecified atom stereocenters. The number of hydrogen-bond acceptors (Lipinski definition) is 6. The number of carbonyl (C=O) groups is 2. The molecular formula is C38H41N5O4. The summed E-state index contributed by atoms with van der Waals surface area (Å²) in [6.07, 6.45) is 2.62. The van der Waals surface area contributed by atoms with E-state index in [1.54, 1.807) is 24.2 Å². The molecule has 1 saturated heterocycles. The molecule has 0 saturated carbocycles. The first-order valence-corrected chi connectivity index (χ1v) is 16.1. The summed E-state index contributed by atoms with van der Waals surface area (Å²) in [6, 6.07) is 27.1. The maximum Gasteiger partial charge on any atom is 0.270 e. The van der Waals surface area contributed by atoms with Crippen LogP contribution >= 0.6 is 0 Å². The maximum absolute atomic E-state index is 13.6. The number of pyridine rings is 1. The smallest absolute Gasteiger partial charge is 0.270 e. The zero-order valence-electron chi connectivity index (χ0n) is 27.5. The van der Waals surface area contributed by atoms with Gasteiger partial charge in [0.05, 0.1) is 24.0 Å². The second kappa shape index (κ2) is 14.1. The quantitative estimate of drug-likeness (QED) is 0.171. The van der Waals surface area contributed by atoms with E-state index in [0.29, 0.717) is 41.7 Å². The first-order valence-electron chi connectivity index (χ1n) is 16.1. The maximum atomic E-state index is 13.6. The van der Waals surface area contributed by atoms with Crippen molar-refractivity contribution in [1.82, 2.24) is 19.4 Å². The van der Waals surface area contributed by atoms with Gasteiger partial charge < -0.3 is 23.8 Å². The third kappa shape index (κ3) is 7.31. The van der Waals surface area contributed by atoms with Gasteiger partial charge in [-0.1, -0.05) is 36.8 Å². The summed E-state index contributed by atoms with van der Waals surface area (Å²) in [6.45, 7) is 8.68. The Balaban J connectivity index is 1.06. The average molecular weight is 632 g/mol. The summed E-state index contributed by atoms with van der Waals surface area (Å²) in [7, 11) is 3.64. The molecule has 47 heavy (non-hydrogen) atoms. The number of aryl methyl sites for hydroxylation is 2. The van der Waals surface area contributed by atoms with E-state index in [9.17, 15) is 9.59 Å². The van der Waals surface area contributed by atoms with Crippen molar-refractivity contribution in [2.75, 3.05) is 44.7 Å². The summed E-state index contributed by atoms with van der Waals surface area (Å²) >= 11 is 0. The number of ether oxygens (including phenoxy) is 2. The van der Waals surface area contributed by atoms with Gasteiger partial charge in [-0.15, -0.1) is 0 Å². The number of nitrogens with zero attached hydrogens (tertiary/aromatic N) is 5.